The number of ether oxygens (including phenoxy) is 2. The zero-order chi connectivity index (χ0) is 15.5. The second-order valence-electron chi connectivity index (χ2n) is 5.05. The summed E-state index contributed by atoms with van der Waals surface area (Å²) in [5.74, 6) is 1.67. The summed E-state index contributed by atoms with van der Waals surface area (Å²) in [6.45, 7) is 2.34. The summed E-state index contributed by atoms with van der Waals surface area (Å²) in [6.07, 6.45) is 0. The average Bonchev–Trinajstić information content (AvgIpc) is 3.23. The number of methoxy groups -OCH3 is 1. The molecule has 22 heavy (non-hydrogen) atoms. The van der Waals surface area contributed by atoms with Gasteiger partial charge >= 0.3 is 0 Å². The molecule has 0 aromatic carbocycles. The second kappa shape index (κ2) is 6.89. The van der Waals surface area contributed by atoms with Crippen LogP contribution in [0.1, 0.15) is 9.67 Å². The lowest BCUT2D eigenvalue weighted by atomic mass is 10.2. The number of carbonyl (C=O) groups excluding carboxylic acids is 2. The first-order valence-electron chi connectivity index (χ1n) is 7.09. The van der Waals surface area contributed by atoms with Crippen LogP contribution < -0.4 is 4.74 Å². The molecule has 1 atom stereocenters. The molecule has 2 aliphatic heterocycles. The van der Waals surface area contributed by atoms with Crippen molar-refractivity contribution in [2.24, 2.45) is 0 Å². The zero-order valence-electron chi connectivity index (χ0n) is 12.3. The van der Waals surface area contributed by atoms with Crippen molar-refractivity contribution >= 4 is 34.9 Å². The van der Waals surface area contributed by atoms with E-state index >= 15 is 0 Å². The molecule has 2 aliphatic rings. The quantitative estimate of drug-likeness (QED) is 0.824. The van der Waals surface area contributed by atoms with Gasteiger partial charge in [-0.05, 0) is 11.4 Å². The lowest BCUT2D eigenvalue weighted by molar-refractivity contribution is -0.138. The predicted molar refractivity (Wildman–Crippen MR) is 85.6 cm³/mol. The van der Waals surface area contributed by atoms with Gasteiger partial charge in [0.05, 0.1) is 26.2 Å². The molecule has 3 rings (SSSR count). The van der Waals surface area contributed by atoms with Gasteiger partial charge in [-0.25, -0.2) is 0 Å². The third kappa shape index (κ3) is 2.95. The number of thiophene rings is 1. The Bertz CT molecular complexity index is 557. The van der Waals surface area contributed by atoms with Crippen LogP contribution in [0.4, 0.5) is 0 Å². The molecular weight excluding hydrogens is 324 g/mol. The molecule has 0 aliphatic carbocycles. The van der Waals surface area contributed by atoms with Gasteiger partial charge in [-0.2, -0.15) is 0 Å². The topological polar surface area (TPSA) is 59.1 Å². The largest absolute Gasteiger partial charge is 0.495 e. The van der Waals surface area contributed by atoms with Crippen molar-refractivity contribution in [2.75, 3.05) is 45.0 Å². The molecule has 2 amide bonds. The van der Waals surface area contributed by atoms with Crippen LogP contribution in [0.15, 0.2) is 11.4 Å². The molecule has 0 saturated carbocycles. The summed E-state index contributed by atoms with van der Waals surface area (Å²) < 4.78 is 10.5. The Hall–Kier alpha value is -1.25. The van der Waals surface area contributed by atoms with Crippen LogP contribution in [0, 0.1) is 0 Å². The van der Waals surface area contributed by atoms with E-state index in [-0.39, 0.29) is 17.9 Å². The van der Waals surface area contributed by atoms with Gasteiger partial charge in [0.15, 0.2) is 0 Å². The molecular formula is C14H18N2O4S2. The minimum absolute atomic E-state index is 0.0252. The Kier molecular flexibility index (Phi) is 4.90. The molecule has 3 heterocycles. The molecule has 0 unspecified atom stereocenters. The molecule has 1 aromatic heterocycles. The Labute approximate surface area is 137 Å². The summed E-state index contributed by atoms with van der Waals surface area (Å²) in [4.78, 5) is 29.4. The lowest BCUT2D eigenvalue weighted by Crippen LogP contribution is -2.51. The van der Waals surface area contributed by atoms with Gasteiger partial charge < -0.3 is 19.3 Å². The molecule has 2 fully saturated rings. The Morgan fingerprint density at radius 2 is 2.14 bits per heavy atom. The first-order valence-corrected chi connectivity index (χ1v) is 9.12. The van der Waals surface area contributed by atoms with E-state index < -0.39 is 0 Å². The van der Waals surface area contributed by atoms with Gasteiger partial charge in [-0.3, -0.25) is 9.59 Å². The Morgan fingerprint density at radius 3 is 2.86 bits per heavy atom. The van der Waals surface area contributed by atoms with Gasteiger partial charge in [-0.15, -0.1) is 23.1 Å². The molecule has 2 saturated heterocycles. The first kappa shape index (κ1) is 15.6. The molecule has 0 spiro atoms. The van der Waals surface area contributed by atoms with E-state index in [1.807, 2.05) is 5.38 Å². The average molecular weight is 342 g/mol. The standard InChI is InChI=1S/C14H18N2O4S2/c1-19-11-2-7-22-12(11)14(18)16-9-21-8-10(16)13(17)15-3-5-20-6-4-15/h2,7,10H,3-6,8-9H2,1H3/t10-/m1/s1. The SMILES string of the molecule is COc1ccsc1C(=O)N1CSC[C@@H]1C(=O)N1CCOCC1. The molecule has 6 nitrogen and oxygen atoms in total. The summed E-state index contributed by atoms with van der Waals surface area (Å²) >= 11 is 2.96. The van der Waals surface area contributed by atoms with Crippen LogP contribution in [0.3, 0.4) is 0 Å². The van der Waals surface area contributed by atoms with E-state index in [0.717, 1.165) is 0 Å². The molecule has 0 radical (unpaired) electrons. The fourth-order valence-corrected chi connectivity index (χ4v) is 4.54. The van der Waals surface area contributed by atoms with Crippen molar-refractivity contribution in [2.45, 2.75) is 6.04 Å². The Morgan fingerprint density at radius 1 is 1.36 bits per heavy atom. The minimum atomic E-state index is -0.387. The number of hydrogen-bond donors (Lipinski definition) is 0. The number of nitrogens with zero attached hydrogens (tertiary/aromatic N) is 2. The molecule has 8 heteroatoms. The zero-order valence-corrected chi connectivity index (χ0v) is 14.0. The minimum Gasteiger partial charge on any atom is -0.495 e. The van der Waals surface area contributed by atoms with Crippen molar-refractivity contribution in [1.82, 2.24) is 9.80 Å². The Balaban J connectivity index is 1.75. The maximum absolute atomic E-state index is 12.7. The molecule has 0 bridgehead atoms. The van der Waals surface area contributed by atoms with E-state index in [2.05, 4.69) is 0 Å². The van der Waals surface area contributed by atoms with Gasteiger partial charge in [0, 0.05) is 18.8 Å². The van der Waals surface area contributed by atoms with Crippen molar-refractivity contribution in [3.8, 4) is 5.75 Å². The lowest BCUT2D eigenvalue weighted by Gasteiger charge is -2.32. The van der Waals surface area contributed by atoms with E-state index in [1.54, 1.807) is 34.7 Å². The van der Waals surface area contributed by atoms with E-state index in [9.17, 15) is 9.59 Å². The number of hydrogen-bond acceptors (Lipinski definition) is 6. The maximum Gasteiger partial charge on any atom is 0.269 e. The van der Waals surface area contributed by atoms with Crippen LogP contribution in [0.25, 0.3) is 0 Å². The summed E-state index contributed by atoms with van der Waals surface area (Å²) in [7, 11) is 1.55. The third-order valence-electron chi connectivity index (χ3n) is 3.79. The molecule has 0 N–H and O–H groups in total. The normalized spacial score (nSPS) is 22.0. The summed E-state index contributed by atoms with van der Waals surface area (Å²) in [5.41, 5.74) is 0. The molecule has 120 valence electrons. The fourth-order valence-electron chi connectivity index (χ4n) is 2.59. The van der Waals surface area contributed by atoms with Gasteiger partial charge in [0.2, 0.25) is 5.91 Å². The van der Waals surface area contributed by atoms with Crippen molar-refractivity contribution in [1.29, 1.82) is 0 Å². The summed E-state index contributed by atoms with van der Waals surface area (Å²) in [5, 5.41) is 1.83. The van der Waals surface area contributed by atoms with Crippen molar-refractivity contribution < 1.29 is 19.1 Å². The van der Waals surface area contributed by atoms with E-state index in [0.29, 0.717) is 48.6 Å². The van der Waals surface area contributed by atoms with Crippen LogP contribution in [0.2, 0.25) is 0 Å². The predicted octanol–water partition coefficient (Wildman–Crippen LogP) is 1.13. The number of morpholine rings is 1. The monoisotopic (exact) mass is 342 g/mol. The highest BCUT2D eigenvalue weighted by atomic mass is 32.2. The highest BCUT2D eigenvalue weighted by molar-refractivity contribution is 7.99. The van der Waals surface area contributed by atoms with Crippen molar-refractivity contribution in [3.05, 3.63) is 16.3 Å². The van der Waals surface area contributed by atoms with E-state index in [4.69, 9.17) is 9.47 Å². The van der Waals surface area contributed by atoms with Gasteiger partial charge in [0.25, 0.3) is 5.91 Å². The summed E-state index contributed by atoms with van der Waals surface area (Å²) in [6, 6.07) is 1.39. The van der Waals surface area contributed by atoms with Crippen LogP contribution in [-0.2, 0) is 9.53 Å². The van der Waals surface area contributed by atoms with E-state index in [1.165, 1.54) is 11.3 Å². The third-order valence-corrected chi connectivity index (χ3v) is 5.69. The number of carbonyl (C=O) groups is 2. The fraction of sp³-hybridized carbons (Fsp3) is 0.571. The number of rotatable bonds is 3. The van der Waals surface area contributed by atoms with Gasteiger partial charge in [0.1, 0.15) is 16.7 Å². The van der Waals surface area contributed by atoms with Gasteiger partial charge in [-0.1, -0.05) is 0 Å². The molecule has 1 aromatic rings. The van der Waals surface area contributed by atoms with Crippen molar-refractivity contribution in [3.63, 3.8) is 0 Å². The highest BCUT2D eigenvalue weighted by Crippen LogP contribution is 2.31. The smallest absolute Gasteiger partial charge is 0.269 e. The first-order chi connectivity index (χ1) is 10.7. The van der Waals surface area contributed by atoms with Crippen LogP contribution in [0.5, 0.6) is 5.75 Å². The van der Waals surface area contributed by atoms with Crippen LogP contribution >= 0.6 is 23.1 Å². The number of amides is 2. The maximum atomic E-state index is 12.7. The second-order valence-corrected chi connectivity index (χ2v) is 6.96. The highest BCUT2D eigenvalue weighted by Gasteiger charge is 2.38. The number of thioether (sulfide) groups is 1. The van der Waals surface area contributed by atoms with Crippen LogP contribution in [-0.4, -0.2) is 72.7 Å².